The van der Waals surface area contributed by atoms with E-state index in [1.165, 1.54) is 0 Å². The van der Waals surface area contributed by atoms with E-state index in [0.29, 0.717) is 12.5 Å². The summed E-state index contributed by atoms with van der Waals surface area (Å²) >= 11 is 0. The summed E-state index contributed by atoms with van der Waals surface area (Å²) in [6.45, 7) is 1.79. The summed E-state index contributed by atoms with van der Waals surface area (Å²) in [5.74, 6) is 0.675. The fourth-order valence-corrected chi connectivity index (χ4v) is 2.22. The first-order valence-corrected chi connectivity index (χ1v) is 3.55. The van der Waals surface area contributed by atoms with Gasteiger partial charge in [-0.15, -0.1) is 0 Å². The Balaban J connectivity index is 2.05. The van der Waals surface area contributed by atoms with Crippen molar-refractivity contribution in [3.05, 3.63) is 0 Å². The van der Waals surface area contributed by atoms with Crippen LogP contribution in [0.4, 0.5) is 4.39 Å². The van der Waals surface area contributed by atoms with Gasteiger partial charge in [-0.05, 0) is 25.8 Å². The summed E-state index contributed by atoms with van der Waals surface area (Å²) in [5.41, 5.74) is -0.780. The Labute approximate surface area is 54.8 Å². The van der Waals surface area contributed by atoms with Gasteiger partial charge in [-0.3, -0.25) is 0 Å². The first kappa shape index (κ1) is 5.66. The first-order valence-electron chi connectivity index (χ1n) is 3.55. The molecule has 2 saturated heterocycles. The quantitative estimate of drug-likeness (QED) is 0.472. The van der Waals surface area contributed by atoms with Crippen LogP contribution in [0.25, 0.3) is 0 Å². The number of alkyl halides is 1. The van der Waals surface area contributed by atoms with Crippen molar-refractivity contribution in [1.82, 2.24) is 4.90 Å². The van der Waals surface area contributed by atoms with Gasteiger partial charge in [0.25, 0.3) is 0 Å². The van der Waals surface area contributed by atoms with Crippen molar-refractivity contribution in [2.24, 2.45) is 5.92 Å². The van der Waals surface area contributed by atoms with E-state index in [1.807, 2.05) is 7.05 Å². The number of piperidine rings is 2. The third-order valence-corrected chi connectivity index (χ3v) is 2.43. The molecule has 3 rings (SSSR count). The van der Waals surface area contributed by atoms with Crippen LogP contribution in [0.1, 0.15) is 12.8 Å². The molecule has 2 heteroatoms. The zero-order chi connectivity index (χ0) is 6.48. The standard InChI is InChI=1S/C7H12FN/c1-9-4-6-2-7(8,3-6)5-9/h6H,2-5H2,1H3. The highest BCUT2D eigenvalue weighted by atomic mass is 19.1. The SMILES string of the molecule is CN1CC2CC(F)(C2)C1. The van der Waals surface area contributed by atoms with Crippen molar-refractivity contribution >= 4 is 0 Å². The minimum atomic E-state index is -0.780. The topological polar surface area (TPSA) is 3.24 Å². The molecule has 3 fully saturated rings. The van der Waals surface area contributed by atoms with Crippen LogP contribution < -0.4 is 0 Å². The Morgan fingerprint density at radius 3 is 2.56 bits per heavy atom. The fourth-order valence-electron chi connectivity index (χ4n) is 2.22. The molecule has 9 heavy (non-hydrogen) atoms. The lowest BCUT2D eigenvalue weighted by Gasteiger charge is -2.50. The second kappa shape index (κ2) is 1.48. The van der Waals surface area contributed by atoms with E-state index in [1.54, 1.807) is 0 Å². The molecule has 0 amide bonds. The average molecular weight is 129 g/mol. The summed E-state index contributed by atoms with van der Waals surface area (Å²) < 4.78 is 13.1. The molecule has 2 bridgehead atoms. The molecular formula is C7H12FN. The maximum atomic E-state index is 13.1. The van der Waals surface area contributed by atoms with Gasteiger partial charge in [0.2, 0.25) is 0 Å². The first-order chi connectivity index (χ1) is 4.18. The molecule has 0 aromatic carbocycles. The Hall–Kier alpha value is -0.110. The van der Waals surface area contributed by atoms with Crippen molar-refractivity contribution in [3.63, 3.8) is 0 Å². The maximum absolute atomic E-state index is 13.1. The predicted molar refractivity (Wildman–Crippen MR) is 34.1 cm³/mol. The van der Waals surface area contributed by atoms with E-state index in [4.69, 9.17) is 0 Å². The molecule has 2 aliphatic heterocycles. The van der Waals surface area contributed by atoms with Crippen molar-refractivity contribution in [3.8, 4) is 0 Å². The van der Waals surface area contributed by atoms with Gasteiger partial charge in [0.15, 0.2) is 0 Å². The molecule has 52 valence electrons. The van der Waals surface area contributed by atoms with Crippen LogP contribution in [0.15, 0.2) is 0 Å². The van der Waals surface area contributed by atoms with Crippen molar-refractivity contribution in [1.29, 1.82) is 0 Å². The summed E-state index contributed by atoms with van der Waals surface area (Å²) in [6.07, 6.45) is 1.66. The van der Waals surface area contributed by atoms with Gasteiger partial charge in [-0.1, -0.05) is 0 Å². The Bertz CT molecular complexity index is 126. The highest BCUT2D eigenvalue weighted by Gasteiger charge is 2.49. The maximum Gasteiger partial charge on any atom is 0.124 e. The molecule has 2 heterocycles. The van der Waals surface area contributed by atoms with Crippen molar-refractivity contribution in [2.45, 2.75) is 18.5 Å². The normalized spacial score (nSPS) is 50.7. The smallest absolute Gasteiger partial charge is 0.124 e. The largest absolute Gasteiger partial charge is 0.303 e. The van der Waals surface area contributed by atoms with Crippen LogP contribution in [-0.4, -0.2) is 30.7 Å². The highest BCUT2D eigenvalue weighted by Crippen LogP contribution is 2.45. The van der Waals surface area contributed by atoms with E-state index < -0.39 is 5.67 Å². The van der Waals surface area contributed by atoms with Crippen LogP contribution in [0, 0.1) is 5.92 Å². The zero-order valence-corrected chi connectivity index (χ0v) is 5.73. The second-order valence-corrected chi connectivity index (χ2v) is 3.62. The summed E-state index contributed by atoms with van der Waals surface area (Å²) in [7, 11) is 2.00. The lowest BCUT2D eigenvalue weighted by atomic mass is 9.69. The molecule has 1 saturated carbocycles. The zero-order valence-electron chi connectivity index (χ0n) is 5.73. The number of rotatable bonds is 0. The van der Waals surface area contributed by atoms with Gasteiger partial charge in [-0.25, -0.2) is 4.39 Å². The van der Waals surface area contributed by atoms with E-state index in [9.17, 15) is 4.39 Å². The van der Waals surface area contributed by atoms with Crippen LogP contribution in [0.3, 0.4) is 0 Å². The number of fused-ring (bicyclic) bond motifs is 2. The second-order valence-electron chi connectivity index (χ2n) is 3.62. The van der Waals surface area contributed by atoms with Gasteiger partial charge in [0, 0.05) is 13.1 Å². The van der Waals surface area contributed by atoms with E-state index >= 15 is 0 Å². The molecule has 0 N–H and O–H groups in total. The van der Waals surface area contributed by atoms with Crippen LogP contribution in [0.2, 0.25) is 0 Å². The van der Waals surface area contributed by atoms with E-state index in [2.05, 4.69) is 4.90 Å². The Morgan fingerprint density at radius 2 is 2.22 bits per heavy atom. The van der Waals surface area contributed by atoms with Gasteiger partial charge in [0.1, 0.15) is 5.67 Å². The van der Waals surface area contributed by atoms with Crippen molar-refractivity contribution in [2.75, 3.05) is 20.1 Å². The molecule has 0 spiro atoms. The monoisotopic (exact) mass is 129 g/mol. The summed E-state index contributed by atoms with van der Waals surface area (Å²) in [6, 6.07) is 0. The third-order valence-electron chi connectivity index (χ3n) is 2.43. The number of hydrogen-bond acceptors (Lipinski definition) is 1. The molecule has 0 atom stereocenters. The van der Waals surface area contributed by atoms with Gasteiger partial charge >= 0.3 is 0 Å². The van der Waals surface area contributed by atoms with E-state index in [0.717, 1.165) is 19.4 Å². The molecule has 0 radical (unpaired) electrons. The number of hydrogen-bond donors (Lipinski definition) is 0. The van der Waals surface area contributed by atoms with Gasteiger partial charge < -0.3 is 4.90 Å². The summed E-state index contributed by atoms with van der Waals surface area (Å²) in [5, 5.41) is 0. The molecule has 3 aliphatic rings. The number of halogens is 1. The average Bonchev–Trinajstić information content (AvgIpc) is 1.58. The fraction of sp³-hybridized carbons (Fsp3) is 1.00. The molecule has 0 aromatic heterocycles. The van der Waals surface area contributed by atoms with Gasteiger partial charge in [0.05, 0.1) is 0 Å². The lowest BCUT2D eigenvalue weighted by molar-refractivity contribution is -0.0747. The Kier molecular flexibility index (Phi) is 0.933. The molecule has 0 unspecified atom stereocenters. The minimum absolute atomic E-state index is 0.670. The minimum Gasteiger partial charge on any atom is -0.303 e. The summed E-state index contributed by atoms with van der Waals surface area (Å²) in [4.78, 5) is 2.09. The third kappa shape index (κ3) is 0.767. The number of nitrogens with zero attached hydrogens (tertiary/aromatic N) is 1. The van der Waals surface area contributed by atoms with Gasteiger partial charge in [-0.2, -0.15) is 0 Å². The van der Waals surface area contributed by atoms with Crippen LogP contribution >= 0.6 is 0 Å². The molecule has 1 nitrogen and oxygen atoms in total. The van der Waals surface area contributed by atoms with Crippen LogP contribution in [0.5, 0.6) is 0 Å². The Morgan fingerprint density at radius 1 is 1.56 bits per heavy atom. The molecule has 1 aliphatic carbocycles. The van der Waals surface area contributed by atoms with Crippen LogP contribution in [-0.2, 0) is 0 Å². The lowest BCUT2D eigenvalue weighted by Crippen LogP contribution is -2.57. The highest BCUT2D eigenvalue weighted by molar-refractivity contribution is 5.01. The van der Waals surface area contributed by atoms with E-state index in [-0.39, 0.29) is 0 Å². The molecular weight excluding hydrogens is 117 g/mol. The predicted octanol–water partition coefficient (Wildman–Crippen LogP) is 1.05. The molecule has 0 aromatic rings. The van der Waals surface area contributed by atoms with Crippen molar-refractivity contribution < 1.29 is 4.39 Å².